The largest absolute Gasteiger partial charge is 0.493 e. The van der Waals surface area contributed by atoms with Crippen LogP contribution in [0.4, 0.5) is 0 Å². The number of methoxy groups -OCH3 is 2. The number of carbonyl (C=O) groups is 1. The number of fused-ring (bicyclic) bond motifs is 1. The summed E-state index contributed by atoms with van der Waals surface area (Å²) in [5, 5.41) is 3.28. The molecule has 1 aromatic carbocycles. The summed E-state index contributed by atoms with van der Waals surface area (Å²) >= 11 is 1.29. The quantitative estimate of drug-likeness (QED) is 0.463. The predicted octanol–water partition coefficient (Wildman–Crippen LogP) is 2.22. The van der Waals surface area contributed by atoms with Gasteiger partial charge in [-0.15, -0.1) is 11.8 Å². The number of nitrogens with one attached hydrogen (secondary N) is 1. The highest BCUT2D eigenvalue weighted by Crippen LogP contribution is 2.32. The summed E-state index contributed by atoms with van der Waals surface area (Å²) < 4.78 is 13.0. The molecule has 0 fully saturated rings. The number of hydrogen-bond acceptors (Lipinski definition) is 7. The maximum Gasteiger partial charge on any atom is 0.332 e. The summed E-state index contributed by atoms with van der Waals surface area (Å²) in [7, 11) is 6.20. The van der Waals surface area contributed by atoms with Crippen LogP contribution in [-0.2, 0) is 25.3 Å². The zero-order chi connectivity index (χ0) is 25.0. The minimum absolute atomic E-state index is 0.0921. The van der Waals surface area contributed by atoms with E-state index in [-0.39, 0.29) is 17.6 Å². The van der Waals surface area contributed by atoms with Crippen molar-refractivity contribution in [1.82, 2.24) is 19.4 Å². The van der Waals surface area contributed by atoms with Gasteiger partial charge in [-0.2, -0.15) is 0 Å². The van der Waals surface area contributed by atoms with Gasteiger partial charge in [0.25, 0.3) is 5.56 Å². The molecule has 0 unspecified atom stereocenters. The van der Waals surface area contributed by atoms with Crippen molar-refractivity contribution >= 4 is 28.7 Å². The fourth-order valence-corrected chi connectivity index (χ4v) is 4.81. The van der Waals surface area contributed by atoms with Crippen LogP contribution in [-0.4, -0.2) is 46.5 Å². The zero-order valence-electron chi connectivity index (χ0n) is 20.3. The Morgan fingerprint density at radius 3 is 2.47 bits per heavy atom. The number of ether oxygens (including phenoxy) is 2. The van der Waals surface area contributed by atoms with Gasteiger partial charge < -0.3 is 14.8 Å². The lowest BCUT2D eigenvalue weighted by Crippen LogP contribution is -2.37. The molecule has 0 radical (unpaired) electrons. The smallest absolute Gasteiger partial charge is 0.332 e. The topological polar surface area (TPSA) is 104 Å². The standard InChI is InChI=1S/C24H30N4O5S/c1-14(2)16-12-26-22-20(23(30)28(4)24(31)27(22)3)21(16)34-13-19(29)25-10-9-15-7-8-17(32-5)18(11-15)33-6/h7-8,11-12,14H,9-10,13H2,1-6H3,(H,25,29). The molecule has 0 spiro atoms. The van der Waals surface area contributed by atoms with Gasteiger partial charge in [-0.3, -0.25) is 18.7 Å². The highest BCUT2D eigenvalue weighted by molar-refractivity contribution is 8.00. The molecule has 3 aromatic rings. The summed E-state index contributed by atoms with van der Waals surface area (Å²) in [6.45, 7) is 4.46. The zero-order valence-corrected chi connectivity index (χ0v) is 21.1. The van der Waals surface area contributed by atoms with Crippen molar-refractivity contribution in [1.29, 1.82) is 0 Å². The minimum Gasteiger partial charge on any atom is -0.493 e. The van der Waals surface area contributed by atoms with E-state index in [1.807, 2.05) is 32.0 Å². The van der Waals surface area contributed by atoms with E-state index in [0.717, 1.165) is 15.7 Å². The second-order valence-electron chi connectivity index (χ2n) is 8.18. The van der Waals surface area contributed by atoms with Gasteiger partial charge in [-0.05, 0) is 35.6 Å². The lowest BCUT2D eigenvalue weighted by atomic mass is 10.0. The van der Waals surface area contributed by atoms with Crippen molar-refractivity contribution in [3.63, 3.8) is 0 Å². The fraction of sp³-hybridized carbons (Fsp3) is 0.417. The van der Waals surface area contributed by atoms with Crippen molar-refractivity contribution in [3.8, 4) is 11.5 Å². The molecule has 182 valence electrons. The SMILES string of the molecule is COc1ccc(CCNC(=O)CSc2c(C(C)C)cnc3c2c(=O)n(C)c(=O)n3C)cc1OC. The Labute approximate surface area is 202 Å². The average Bonchev–Trinajstić information content (AvgIpc) is 2.83. The number of pyridine rings is 1. The maximum atomic E-state index is 12.9. The molecule has 0 bridgehead atoms. The Hall–Kier alpha value is -3.27. The van der Waals surface area contributed by atoms with E-state index in [2.05, 4.69) is 10.3 Å². The van der Waals surface area contributed by atoms with Gasteiger partial charge >= 0.3 is 5.69 Å². The van der Waals surface area contributed by atoms with E-state index >= 15 is 0 Å². The number of amides is 1. The lowest BCUT2D eigenvalue weighted by Gasteiger charge is -2.16. The third kappa shape index (κ3) is 5.11. The van der Waals surface area contributed by atoms with Crippen LogP contribution in [0.25, 0.3) is 11.0 Å². The Bertz CT molecular complexity index is 1330. The first-order valence-electron chi connectivity index (χ1n) is 10.9. The highest BCUT2D eigenvalue weighted by Gasteiger charge is 2.20. The van der Waals surface area contributed by atoms with Crippen LogP contribution in [0.5, 0.6) is 11.5 Å². The Morgan fingerprint density at radius 1 is 1.12 bits per heavy atom. The maximum absolute atomic E-state index is 12.9. The predicted molar refractivity (Wildman–Crippen MR) is 133 cm³/mol. The van der Waals surface area contributed by atoms with Crippen LogP contribution in [0.2, 0.25) is 0 Å². The van der Waals surface area contributed by atoms with Gasteiger partial charge in [0, 0.05) is 31.7 Å². The van der Waals surface area contributed by atoms with Gasteiger partial charge in [0.15, 0.2) is 11.5 Å². The number of rotatable bonds is 9. The number of aromatic nitrogens is 3. The molecule has 1 N–H and O–H groups in total. The summed E-state index contributed by atoms with van der Waals surface area (Å²) in [6.07, 6.45) is 2.32. The van der Waals surface area contributed by atoms with E-state index in [1.165, 1.54) is 23.4 Å². The van der Waals surface area contributed by atoms with E-state index in [9.17, 15) is 14.4 Å². The number of thioether (sulfide) groups is 1. The van der Waals surface area contributed by atoms with Gasteiger partial charge in [0.2, 0.25) is 5.91 Å². The Kier molecular flexibility index (Phi) is 8.03. The van der Waals surface area contributed by atoms with Crippen LogP contribution in [0.3, 0.4) is 0 Å². The first-order chi connectivity index (χ1) is 16.2. The molecular formula is C24H30N4O5S. The van der Waals surface area contributed by atoms with Crippen molar-refractivity contribution in [2.24, 2.45) is 14.1 Å². The Balaban J connectivity index is 1.76. The molecule has 9 nitrogen and oxygen atoms in total. The number of hydrogen-bond donors (Lipinski definition) is 1. The average molecular weight is 487 g/mol. The van der Waals surface area contributed by atoms with Crippen molar-refractivity contribution in [2.75, 3.05) is 26.5 Å². The molecule has 0 saturated carbocycles. The second-order valence-corrected chi connectivity index (χ2v) is 9.17. The molecule has 3 rings (SSSR count). The molecule has 0 aliphatic heterocycles. The second kappa shape index (κ2) is 10.8. The third-order valence-electron chi connectivity index (χ3n) is 5.60. The van der Waals surface area contributed by atoms with Crippen LogP contribution < -0.4 is 26.0 Å². The molecule has 2 aromatic heterocycles. The first-order valence-corrected chi connectivity index (χ1v) is 11.9. The molecule has 1 amide bonds. The first kappa shape index (κ1) is 25.4. The van der Waals surface area contributed by atoms with E-state index in [1.54, 1.807) is 27.5 Å². The van der Waals surface area contributed by atoms with Crippen LogP contribution in [0.15, 0.2) is 38.9 Å². The third-order valence-corrected chi connectivity index (χ3v) is 6.74. The van der Waals surface area contributed by atoms with Gasteiger partial charge in [0.05, 0.1) is 25.4 Å². The molecule has 0 saturated heterocycles. The van der Waals surface area contributed by atoms with Gasteiger partial charge in [-0.25, -0.2) is 9.78 Å². The summed E-state index contributed by atoms with van der Waals surface area (Å²) in [4.78, 5) is 42.9. The molecular weight excluding hydrogens is 456 g/mol. The number of aryl methyl sites for hydroxylation is 1. The molecule has 0 atom stereocenters. The van der Waals surface area contributed by atoms with Crippen molar-refractivity contribution in [3.05, 3.63) is 56.4 Å². The Morgan fingerprint density at radius 2 is 1.82 bits per heavy atom. The number of benzene rings is 1. The molecule has 0 aliphatic carbocycles. The molecule has 2 heterocycles. The monoisotopic (exact) mass is 486 g/mol. The fourth-order valence-electron chi connectivity index (χ4n) is 3.65. The lowest BCUT2D eigenvalue weighted by molar-refractivity contribution is -0.118. The van der Waals surface area contributed by atoms with E-state index < -0.39 is 11.2 Å². The minimum atomic E-state index is -0.439. The number of nitrogens with zero attached hydrogens (tertiary/aromatic N) is 3. The summed E-state index contributed by atoms with van der Waals surface area (Å²) in [5.41, 5.74) is 1.34. The highest BCUT2D eigenvalue weighted by atomic mass is 32.2. The van der Waals surface area contributed by atoms with Crippen LogP contribution >= 0.6 is 11.8 Å². The van der Waals surface area contributed by atoms with Crippen LogP contribution in [0.1, 0.15) is 30.9 Å². The molecule has 34 heavy (non-hydrogen) atoms. The summed E-state index contributed by atoms with van der Waals surface area (Å²) in [6, 6.07) is 5.65. The number of carbonyl (C=O) groups excluding carboxylic acids is 1. The molecule has 10 heteroatoms. The molecule has 0 aliphatic rings. The van der Waals surface area contributed by atoms with Crippen molar-refractivity contribution < 1.29 is 14.3 Å². The van der Waals surface area contributed by atoms with E-state index in [4.69, 9.17) is 9.47 Å². The van der Waals surface area contributed by atoms with Gasteiger partial charge in [-0.1, -0.05) is 19.9 Å². The van der Waals surface area contributed by atoms with E-state index in [0.29, 0.717) is 40.4 Å². The van der Waals surface area contributed by atoms with Crippen LogP contribution in [0, 0.1) is 0 Å². The summed E-state index contributed by atoms with van der Waals surface area (Å²) in [5.74, 6) is 1.38. The van der Waals surface area contributed by atoms with Crippen molar-refractivity contribution in [2.45, 2.75) is 31.1 Å². The van der Waals surface area contributed by atoms with Gasteiger partial charge in [0.1, 0.15) is 5.65 Å². The normalized spacial score (nSPS) is 11.1.